The van der Waals surface area contributed by atoms with E-state index in [-0.39, 0.29) is 5.82 Å². The number of anilines is 1. The largest absolute Gasteiger partial charge is 0.460 e. The number of hydrazine groups is 1. The minimum atomic E-state index is -0.698. The van der Waals surface area contributed by atoms with Gasteiger partial charge in [0.2, 0.25) is 0 Å². The smallest absolute Gasteiger partial charge is 0.358 e. The second-order valence-corrected chi connectivity index (χ2v) is 1.57. The zero-order valence-corrected chi connectivity index (χ0v) is 5.57. The highest BCUT2D eigenvalue weighted by atomic mass is 16.6. The minimum absolute atomic E-state index is 0.0440. The number of nitrogens with one attached hydrogen (secondary N) is 2. The average molecular weight is 159 g/mol. The van der Waals surface area contributed by atoms with Crippen LogP contribution in [0.3, 0.4) is 0 Å². The summed E-state index contributed by atoms with van der Waals surface area (Å²) in [5.74, 6) is -0.489. The summed E-state index contributed by atoms with van der Waals surface area (Å²) < 4.78 is 4.12. The Bertz CT molecular complexity index is 257. The molecule has 8 nitrogen and oxygen atoms in total. The second kappa shape index (κ2) is 2.92. The lowest BCUT2D eigenvalue weighted by atomic mass is 10.7. The van der Waals surface area contributed by atoms with Gasteiger partial charge in [0.1, 0.15) is 0 Å². The molecule has 1 rings (SSSR count). The van der Waals surface area contributed by atoms with Gasteiger partial charge in [-0.25, -0.2) is 5.43 Å². The van der Waals surface area contributed by atoms with Gasteiger partial charge < -0.3 is 10.1 Å². The Hall–Kier alpha value is -1.70. The number of nitro groups is 1. The van der Waals surface area contributed by atoms with Crippen LogP contribution in [0.15, 0.2) is 4.63 Å². The highest BCUT2D eigenvalue weighted by Gasteiger charge is 2.20. The molecule has 1 aromatic rings. The fraction of sp³-hybridized carbons (Fsp3) is 0.333. The van der Waals surface area contributed by atoms with Crippen LogP contribution < -0.4 is 10.9 Å². The van der Waals surface area contributed by atoms with E-state index >= 15 is 0 Å². The highest BCUT2D eigenvalue weighted by molar-refractivity contribution is 5.47. The Kier molecular flexibility index (Phi) is 1.97. The van der Waals surface area contributed by atoms with Gasteiger partial charge in [-0.2, -0.15) is 0 Å². The summed E-state index contributed by atoms with van der Waals surface area (Å²) in [4.78, 5) is 9.43. The van der Waals surface area contributed by atoms with Gasteiger partial charge in [0.25, 0.3) is 5.82 Å². The molecule has 2 N–H and O–H groups in total. The van der Waals surface area contributed by atoms with Gasteiger partial charge in [-0.3, -0.25) is 5.43 Å². The monoisotopic (exact) mass is 159 g/mol. The zero-order valence-electron chi connectivity index (χ0n) is 5.57. The molecular formula is C3H5N5O3. The molecule has 0 amide bonds. The summed E-state index contributed by atoms with van der Waals surface area (Å²) in [6, 6.07) is 0. The van der Waals surface area contributed by atoms with Gasteiger partial charge in [0.05, 0.1) is 0 Å². The maximum Gasteiger partial charge on any atom is 0.460 e. The number of hydrogen-bond donors (Lipinski definition) is 2. The Labute approximate surface area is 60.7 Å². The molecule has 0 saturated heterocycles. The maximum absolute atomic E-state index is 10.1. The van der Waals surface area contributed by atoms with Gasteiger partial charge in [-0.1, -0.05) is 0 Å². The predicted molar refractivity (Wildman–Crippen MR) is 33.6 cm³/mol. The van der Waals surface area contributed by atoms with Crippen LogP contribution >= 0.6 is 0 Å². The third-order valence-electron chi connectivity index (χ3n) is 0.888. The normalized spacial score (nSPS) is 9.55. The van der Waals surface area contributed by atoms with Crippen molar-refractivity contribution >= 4 is 11.6 Å². The molecule has 0 bridgehead atoms. The first-order chi connectivity index (χ1) is 5.25. The molecule has 0 aromatic carbocycles. The molecule has 60 valence electrons. The quantitative estimate of drug-likeness (QED) is 0.453. The standard InChI is InChI=1S/C3H5N5O3/c1-4-5-2-3(8(9)10)7-11-6-2/h4H,1H3,(H,5,6). The lowest BCUT2D eigenvalue weighted by molar-refractivity contribution is -0.390. The lowest BCUT2D eigenvalue weighted by Gasteiger charge is -1.94. The molecule has 11 heavy (non-hydrogen) atoms. The number of nitrogens with zero attached hydrogens (tertiary/aromatic N) is 3. The van der Waals surface area contributed by atoms with Gasteiger partial charge >= 0.3 is 5.82 Å². The second-order valence-electron chi connectivity index (χ2n) is 1.57. The summed E-state index contributed by atoms with van der Waals surface area (Å²) in [6.07, 6.45) is 0. The van der Waals surface area contributed by atoms with E-state index in [1.54, 1.807) is 7.05 Å². The summed E-state index contributed by atoms with van der Waals surface area (Å²) >= 11 is 0. The van der Waals surface area contributed by atoms with Crippen molar-refractivity contribution < 1.29 is 9.55 Å². The van der Waals surface area contributed by atoms with E-state index in [0.717, 1.165) is 0 Å². The van der Waals surface area contributed by atoms with Gasteiger partial charge in [0.15, 0.2) is 5.16 Å². The molecule has 0 aliphatic carbocycles. The van der Waals surface area contributed by atoms with E-state index in [4.69, 9.17) is 0 Å². The van der Waals surface area contributed by atoms with Gasteiger partial charge in [0, 0.05) is 12.2 Å². The van der Waals surface area contributed by atoms with Crippen molar-refractivity contribution in [1.29, 1.82) is 0 Å². The molecule has 0 unspecified atom stereocenters. The van der Waals surface area contributed by atoms with Crippen LogP contribution in [0.4, 0.5) is 11.6 Å². The van der Waals surface area contributed by atoms with E-state index in [1.807, 2.05) is 0 Å². The average Bonchev–Trinajstić information content (AvgIpc) is 2.36. The minimum Gasteiger partial charge on any atom is -0.358 e. The molecule has 1 aromatic heterocycles. The molecule has 0 aliphatic heterocycles. The number of hydrogen-bond acceptors (Lipinski definition) is 7. The Morgan fingerprint density at radius 3 is 2.91 bits per heavy atom. The number of aromatic nitrogens is 2. The molecule has 0 spiro atoms. The van der Waals surface area contributed by atoms with Gasteiger partial charge in [-0.15, -0.1) is 4.63 Å². The third kappa shape index (κ3) is 1.41. The van der Waals surface area contributed by atoms with Crippen molar-refractivity contribution in [1.82, 2.24) is 15.7 Å². The third-order valence-corrected chi connectivity index (χ3v) is 0.888. The van der Waals surface area contributed by atoms with Crippen molar-refractivity contribution in [2.24, 2.45) is 0 Å². The first-order valence-electron chi connectivity index (χ1n) is 2.65. The lowest BCUT2D eigenvalue weighted by Crippen LogP contribution is -2.16. The van der Waals surface area contributed by atoms with Crippen LogP contribution in [0, 0.1) is 10.1 Å². The first kappa shape index (κ1) is 7.41. The maximum atomic E-state index is 10.1. The van der Waals surface area contributed by atoms with E-state index in [1.165, 1.54) is 0 Å². The Morgan fingerprint density at radius 1 is 1.64 bits per heavy atom. The van der Waals surface area contributed by atoms with Crippen LogP contribution in [-0.4, -0.2) is 22.3 Å². The van der Waals surface area contributed by atoms with Crippen molar-refractivity contribution in [2.45, 2.75) is 0 Å². The highest BCUT2D eigenvalue weighted by Crippen LogP contribution is 2.16. The summed E-state index contributed by atoms with van der Waals surface area (Å²) in [5, 5.41) is 16.4. The molecule has 1 heterocycles. The van der Waals surface area contributed by atoms with E-state index < -0.39 is 10.7 Å². The molecule has 0 radical (unpaired) electrons. The van der Waals surface area contributed by atoms with E-state index in [9.17, 15) is 10.1 Å². The topological polar surface area (TPSA) is 106 Å². The molecule has 0 atom stereocenters. The summed E-state index contributed by atoms with van der Waals surface area (Å²) in [7, 11) is 1.54. The van der Waals surface area contributed by atoms with Crippen molar-refractivity contribution in [2.75, 3.05) is 12.5 Å². The van der Waals surface area contributed by atoms with Crippen molar-refractivity contribution in [3.63, 3.8) is 0 Å². The zero-order chi connectivity index (χ0) is 8.27. The summed E-state index contributed by atoms with van der Waals surface area (Å²) in [6.45, 7) is 0. The van der Waals surface area contributed by atoms with E-state index in [2.05, 4.69) is 25.8 Å². The predicted octanol–water partition coefficient (Wildman–Crippen LogP) is -0.476. The molecular weight excluding hydrogens is 154 g/mol. The number of rotatable bonds is 3. The van der Waals surface area contributed by atoms with Crippen LogP contribution in [0.25, 0.3) is 0 Å². The fourth-order valence-corrected chi connectivity index (χ4v) is 0.501. The van der Waals surface area contributed by atoms with Gasteiger partial charge in [-0.05, 0) is 4.92 Å². The molecule has 0 aliphatic rings. The van der Waals surface area contributed by atoms with Crippen molar-refractivity contribution in [3.05, 3.63) is 10.1 Å². The van der Waals surface area contributed by atoms with Crippen LogP contribution in [-0.2, 0) is 0 Å². The van der Waals surface area contributed by atoms with Crippen LogP contribution in [0.2, 0.25) is 0 Å². The Balaban J connectivity index is 2.87. The van der Waals surface area contributed by atoms with Crippen molar-refractivity contribution in [3.8, 4) is 0 Å². The van der Waals surface area contributed by atoms with E-state index in [0.29, 0.717) is 0 Å². The molecule has 0 saturated carbocycles. The fourth-order valence-electron chi connectivity index (χ4n) is 0.501. The van der Waals surface area contributed by atoms with Crippen LogP contribution in [0.5, 0.6) is 0 Å². The first-order valence-corrected chi connectivity index (χ1v) is 2.65. The SMILES string of the molecule is CNNc1nonc1[N+](=O)[O-]. The van der Waals surface area contributed by atoms with Crippen LogP contribution in [0.1, 0.15) is 0 Å². The molecule has 8 heteroatoms. The summed E-state index contributed by atoms with van der Waals surface area (Å²) in [5.41, 5.74) is 4.83. The Morgan fingerprint density at radius 2 is 2.36 bits per heavy atom. The molecule has 0 fully saturated rings.